The van der Waals surface area contributed by atoms with Crippen LogP contribution >= 0.6 is 11.6 Å². The number of aryl methyl sites for hydroxylation is 3. The number of aliphatic hydroxyl groups is 1. The summed E-state index contributed by atoms with van der Waals surface area (Å²) in [6.07, 6.45) is -2.62. The van der Waals surface area contributed by atoms with Gasteiger partial charge >= 0.3 is 6.18 Å². The summed E-state index contributed by atoms with van der Waals surface area (Å²) < 4.78 is 46.6. The Hall–Kier alpha value is -3.28. The van der Waals surface area contributed by atoms with Crippen molar-refractivity contribution in [3.63, 3.8) is 0 Å². The van der Waals surface area contributed by atoms with Gasteiger partial charge in [-0.2, -0.15) is 13.2 Å². The third kappa shape index (κ3) is 5.02. The first-order valence-electron chi connectivity index (χ1n) is 12.9. The molecule has 1 atom stereocenters. The molecule has 212 valence electrons. The number of nitrogens with zero attached hydrogens (tertiary/aromatic N) is 6. The van der Waals surface area contributed by atoms with Crippen LogP contribution < -0.4 is 4.74 Å². The molecule has 40 heavy (non-hydrogen) atoms. The van der Waals surface area contributed by atoms with Crippen LogP contribution in [0.3, 0.4) is 0 Å². The van der Waals surface area contributed by atoms with Crippen molar-refractivity contribution in [3.8, 4) is 5.88 Å². The predicted molar refractivity (Wildman–Crippen MR) is 144 cm³/mol. The lowest BCUT2D eigenvalue weighted by Gasteiger charge is -2.33. The number of alkyl halides is 3. The summed E-state index contributed by atoms with van der Waals surface area (Å²) in [5.74, 6) is -0.981. The molecule has 0 spiro atoms. The van der Waals surface area contributed by atoms with Crippen molar-refractivity contribution in [3.05, 3.63) is 75.3 Å². The second-order valence-corrected chi connectivity index (χ2v) is 10.7. The van der Waals surface area contributed by atoms with Gasteiger partial charge in [-0.3, -0.25) is 9.88 Å². The Labute approximate surface area is 234 Å². The van der Waals surface area contributed by atoms with Gasteiger partial charge in [-0.15, -0.1) is 5.10 Å². The Bertz CT molecular complexity index is 1550. The van der Waals surface area contributed by atoms with Crippen LogP contribution in [-0.2, 0) is 19.2 Å². The number of halogens is 4. The molecule has 0 aliphatic carbocycles. The number of rotatable bonds is 6. The van der Waals surface area contributed by atoms with Crippen LogP contribution in [0.25, 0.3) is 10.9 Å². The molecule has 12 heteroatoms. The zero-order valence-corrected chi connectivity index (χ0v) is 23.4. The van der Waals surface area contributed by atoms with Crippen molar-refractivity contribution in [2.75, 3.05) is 20.2 Å². The molecule has 0 unspecified atom stereocenters. The minimum absolute atomic E-state index is 0.0320. The average Bonchev–Trinajstić information content (AvgIpc) is 3.35. The number of pyridine rings is 2. The van der Waals surface area contributed by atoms with Crippen LogP contribution in [0.2, 0.25) is 5.02 Å². The van der Waals surface area contributed by atoms with Gasteiger partial charge in [0.15, 0.2) is 5.60 Å². The number of piperidine rings is 1. The van der Waals surface area contributed by atoms with Crippen LogP contribution in [-0.4, -0.2) is 61.3 Å². The second-order valence-electron chi connectivity index (χ2n) is 10.3. The van der Waals surface area contributed by atoms with Crippen LogP contribution in [0.1, 0.15) is 46.6 Å². The Balaban J connectivity index is 1.60. The molecule has 0 radical (unpaired) electrons. The lowest BCUT2D eigenvalue weighted by Crippen LogP contribution is -2.38. The van der Waals surface area contributed by atoms with Gasteiger partial charge in [0.05, 0.1) is 35.5 Å². The number of fused-ring (bicyclic) bond motifs is 1. The number of hydrogen-bond donors (Lipinski definition) is 1. The minimum Gasteiger partial charge on any atom is -0.481 e. The van der Waals surface area contributed by atoms with E-state index < -0.39 is 17.7 Å². The average molecular weight is 575 g/mol. The van der Waals surface area contributed by atoms with Gasteiger partial charge in [0.25, 0.3) is 0 Å². The van der Waals surface area contributed by atoms with Crippen molar-refractivity contribution in [1.29, 1.82) is 0 Å². The standard InChI is InChI=1S/C28H30ClF3N6O2/c1-16-5-7-22(17(2)34-16)27(39,24-14-33-36-37(24)3)19-6-8-23-20(13-19)25(29)21(26(35-23)40-4)15-38-11-9-18(10-12-38)28(30,31)32/h5-8,13-14,18,39H,9-12,15H2,1-4H3/t27-/m0/s1. The first kappa shape index (κ1) is 28.3. The lowest BCUT2D eigenvalue weighted by molar-refractivity contribution is -0.185. The number of methoxy groups -OCH3 is 1. The summed E-state index contributed by atoms with van der Waals surface area (Å²) in [5, 5.41) is 21.4. The fourth-order valence-corrected chi connectivity index (χ4v) is 5.84. The van der Waals surface area contributed by atoms with Gasteiger partial charge in [0.2, 0.25) is 5.88 Å². The quantitative estimate of drug-likeness (QED) is 0.343. The third-order valence-electron chi connectivity index (χ3n) is 7.72. The van der Waals surface area contributed by atoms with Gasteiger partial charge in [-0.25, -0.2) is 9.67 Å². The fraction of sp³-hybridized carbons (Fsp3) is 0.429. The summed E-state index contributed by atoms with van der Waals surface area (Å²) in [4.78, 5) is 11.1. The highest BCUT2D eigenvalue weighted by atomic mass is 35.5. The fourth-order valence-electron chi connectivity index (χ4n) is 5.54. The largest absolute Gasteiger partial charge is 0.481 e. The lowest BCUT2D eigenvalue weighted by atomic mass is 9.82. The van der Waals surface area contributed by atoms with E-state index in [-0.39, 0.29) is 32.5 Å². The third-order valence-corrected chi connectivity index (χ3v) is 8.15. The van der Waals surface area contributed by atoms with Gasteiger partial charge in [-0.1, -0.05) is 28.9 Å². The molecule has 1 aliphatic heterocycles. The molecular weight excluding hydrogens is 545 g/mol. The molecule has 1 aliphatic rings. The summed E-state index contributed by atoms with van der Waals surface area (Å²) in [6.45, 7) is 4.57. The molecule has 8 nitrogen and oxygen atoms in total. The molecule has 1 saturated heterocycles. The molecule has 0 bridgehead atoms. The van der Waals surface area contributed by atoms with Crippen molar-refractivity contribution in [2.45, 2.75) is 45.0 Å². The molecular formula is C28H30ClF3N6O2. The summed E-state index contributed by atoms with van der Waals surface area (Å²) >= 11 is 6.97. The van der Waals surface area contributed by atoms with Crippen LogP contribution in [0, 0.1) is 19.8 Å². The van der Waals surface area contributed by atoms with Crippen LogP contribution in [0.4, 0.5) is 13.2 Å². The monoisotopic (exact) mass is 574 g/mol. The van der Waals surface area contributed by atoms with Crippen molar-refractivity contribution < 1.29 is 23.0 Å². The first-order valence-corrected chi connectivity index (χ1v) is 13.3. The van der Waals surface area contributed by atoms with Gasteiger partial charge in [-0.05, 0) is 63.5 Å². The maximum absolute atomic E-state index is 13.2. The zero-order valence-electron chi connectivity index (χ0n) is 22.6. The molecule has 4 aromatic rings. The van der Waals surface area contributed by atoms with Crippen molar-refractivity contribution in [2.24, 2.45) is 13.0 Å². The molecule has 1 aromatic carbocycles. The van der Waals surface area contributed by atoms with Gasteiger partial charge < -0.3 is 9.84 Å². The van der Waals surface area contributed by atoms with Gasteiger partial charge in [0, 0.05) is 41.5 Å². The Kier molecular flexibility index (Phi) is 7.49. The van der Waals surface area contributed by atoms with E-state index in [0.717, 1.165) is 5.69 Å². The normalized spacial score (nSPS) is 16.8. The molecule has 1 N–H and O–H groups in total. The molecule has 0 amide bonds. The molecule has 3 aromatic heterocycles. The molecule has 0 saturated carbocycles. The predicted octanol–water partition coefficient (Wildman–Crippen LogP) is 5.10. The van der Waals surface area contributed by atoms with E-state index in [1.807, 2.05) is 30.9 Å². The number of aromatic nitrogens is 5. The molecule has 4 heterocycles. The van der Waals surface area contributed by atoms with Crippen LogP contribution in [0.5, 0.6) is 5.88 Å². The second kappa shape index (κ2) is 10.6. The zero-order chi connectivity index (χ0) is 28.8. The highest BCUT2D eigenvalue weighted by molar-refractivity contribution is 6.36. The SMILES string of the molecule is COc1nc2ccc([C@](O)(c3ccc(C)nc3C)c3cnnn3C)cc2c(Cl)c1CN1CCC(C(F)(F)F)CC1. The highest BCUT2D eigenvalue weighted by Crippen LogP contribution is 2.41. The Morgan fingerprint density at radius 1 is 1.10 bits per heavy atom. The minimum atomic E-state index is -4.19. The number of ether oxygens (including phenoxy) is 1. The van der Waals surface area contributed by atoms with Crippen molar-refractivity contribution in [1.82, 2.24) is 29.9 Å². The van der Waals surface area contributed by atoms with E-state index in [4.69, 9.17) is 16.3 Å². The van der Waals surface area contributed by atoms with E-state index in [0.29, 0.717) is 49.9 Å². The van der Waals surface area contributed by atoms with E-state index in [1.165, 1.54) is 18.0 Å². The summed E-state index contributed by atoms with van der Waals surface area (Å²) in [5.41, 5.74) is 2.43. The summed E-state index contributed by atoms with van der Waals surface area (Å²) in [6, 6.07) is 8.95. The number of benzene rings is 1. The smallest absolute Gasteiger partial charge is 0.391 e. The highest BCUT2D eigenvalue weighted by Gasteiger charge is 2.42. The maximum Gasteiger partial charge on any atom is 0.391 e. The first-order chi connectivity index (χ1) is 18.9. The Morgan fingerprint density at radius 2 is 1.82 bits per heavy atom. The molecule has 5 rings (SSSR count). The molecule has 1 fully saturated rings. The van der Waals surface area contributed by atoms with Gasteiger partial charge in [0.1, 0.15) is 0 Å². The van der Waals surface area contributed by atoms with Crippen molar-refractivity contribution >= 4 is 22.5 Å². The number of hydrogen-bond acceptors (Lipinski definition) is 7. The Morgan fingerprint density at radius 3 is 2.42 bits per heavy atom. The number of likely N-dealkylation sites (tertiary alicyclic amines) is 1. The summed E-state index contributed by atoms with van der Waals surface area (Å²) in [7, 11) is 3.18. The maximum atomic E-state index is 13.2. The topological polar surface area (TPSA) is 89.2 Å². The van der Waals surface area contributed by atoms with E-state index >= 15 is 0 Å². The van der Waals surface area contributed by atoms with E-state index in [1.54, 1.807) is 25.2 Å². The van der Waals surface area contributed by atoms with E-state index in [2.05, 4.69) is 20.3 Å². The van der Waals surface area contributed by atoms with Crippen LogP contribution in [0.15, 0.2) is 36.5 Å². The van der Waals surface area contributed by atoms with E-state index in [9.17, 15) is 18.3 Å².